The number of carbonyl (C=O) groups is 2. The van der Waals surface area contributed by atoms with Gasteiger partial charge in [0.05, 0.1) is 35.2 Å². The fraction of sp³-hybridized carbons (Fsp3) is 0.875. The number of alkyl halides is 2. The Labute approximate surface area is 274 Å². The SMILES string of the molecule is C[C@@H](C(CC(C)(C)C)=NOCCNC(=O)CBr)C(C)(C)C.C[C@@H](C(CC(C)(C)C)=NOCCNC(=O)CBr)C(C)(C)C. The molecule has 0 aliphatic heterocycles. The van der Waals surface area contributed by atoms with Crippen molar-refractivity contribution in [2.45, 2.75) is 110 Å². The summed E-state index contributed by atoms with van der Waals surface area (Å²) in [6.07, 6.45) is 1.80. The minimum Gasteiger partial charge on any atom is -0.394 e. The lowest BCUT2D eigenvalue weighted by molar-refractivity contribution is -0.119. The fourth-order valence-corrected chi connectivity index (χ4v) is 3.84. The van der Waals surface area contributed by atoms with E-state index < -0.39 is 0 Å². The molecule has 0 unspecified atom stereocenters. The van der Waals surface area contributed by atoms with E-state index in [1.54, 1.807) is 0 Å². The van der Waals surface area contributed by atoms with Gasteiger partial charge in [0.1, 0.15) is 13.2 Å². The molecule has 0 spiro atoms. The van der Waals surface area contributed by atoms with Gasteiger partial charge in [-0.1, -0.05) is 139 Å². The predicted octanol–water partition coefficient (Wildman–Crippen LogP) is 7.98. The third-order valence-electron chi connectivity index (χ3n) is 6.66. The van der Waals surface area contributed by atoms with Crippen molar-refractivity contribution in [3.8, 4) is 0 Å². The van der Waals surface area contributed by atoms with Gasteiger partial charge in [-0.15, -0.1) is 0 Å². The molecule has 2 N–H and O–H groups in total. The first-order valence-corrected chi connectivity index (χ1v) is 17.2. The molecular formula is C32H62Br2N4O4. The summed E-state index contributed by atoms with van der Waals surface area (Å²) in [4.78, 5) is 33.0. The summed E-state index contributed by atoms with van der Waals surface area (Å²) in [5, 5.41) is 14.8. The van der Waals surface area contributed by atoms with Gasteiger partial charge in [0, 0.05) is 11.8 Å². The molecule has 0 aromatic rings. The summed E-state index contributed by atoms with van der Waals surface area (Å²) < 4.78 is 0. The molecule has 0 bridgehead atoms. The maximum absolute atomic E-state index is 11.1. The molecule has 8 nitrogen and oxygen atoms in total. The highest BCUT2D eigenvalue weighted by atomic mass is 79.9. The molecule has 0 aliphatic carbocycles. The van der Waals surface area contributed by atoms with Gasteiger partial charge in [0.15, 0.2) is 0 Å². The number of carbonyl (C=O) groups excluding carboxylic acids is 2. The lowest BCUT2D eigenvalue weighted by Crippen LogP contribution is -2.30. The van der Waals surface area contributed by atoms with Crippen LogP contribution in [0.25, 0.3) is 0 Å². The molecule has 0 aliphatic rings. The first-order chi connectivity index (χ1) is 18.9. The van der Waals surface area contributed by atoms with E-state index in [0.717, 1.165) is 24.3 Å². The first kappa shape index (κ1) is 43.0. The topological polar surface area (TPSA) is 101 Å². The van der Waals surface area contributed by atoms with E-state index in [1.165, 1.54) is 0 Å². The summed E-state index contributed by atoms with van der Waals surface area (Å²) in [5.74, 6) is 0.601. The Morgan fingerprint density at radius 3 is 1.12 bits per heavy atom. The second kappa shape index (κ2) is 20.0. The molecule has 0 saturated heterocycles. The van der Waals surface area contributed by atoms with Crippen LogP contribution in [0, 0.1) is 33.5 Å². The second-order valence-corrected chi connectivity index (χ2v) is 16.6. The van der Waals surface area contributed by atoms with E-state index in [9.17, 15) is 9.59 Å². The largest absolute Gasteiger partial charge is 0.394 e. The van der Waals surface area contributed by atoms with Gasteiger partial charge in [-0.2, -0.15) is 0 Å². The molecular weight excluding hydrogens is 664 g/mol. The Morgan fingerprint density at radius 2 is 0.905 bits per heavy atom. The van der Waals surface area contributed by atoms with E-state index in [1.807, 2.05) is 0 Å². The van der Waals surface area contributed by atoms with Gasteiger partial charge < -0.3 is 20.3 Å². The molecule has 0 saturated carbocycles. The number of hydrogen-bond acceptors (Lipinski definition) is 6. The zero-order valence-corrected chi connectivity index (χ0v) is 32.3. The van der Waals surface area contributed by atoms with Crippen LogP contribution < -0.4 is 10.6 Å². The maximum atomic E-state index is 11.1. The normalized spacial score (nSPS) is 14.8. The lowest BCUT2D eigenvalue weighted by Gasteiger charge is -2.31. The zero-order valence-electron chi connectivity index (χ0n) is 29.1. The molecule has 0 heterocycles. The van der Waals surface area contributed by atoms with E-state index in [-0.39, 0.29) is 33.5 Å². The van der Waals surface area contributed by atoms with Crippen molar-refractivity contribution in [3.05, 3.63) is 0 Å². The Hall–Kier alpha value is -1.16. The van der Waals surface area contributed by atoms with E-state index in [4.69, 9.17) is 9.68 Å². The van der Waals surface area contributed by atoms with Crippen LogP contribution in [0.2, 0.25) is 0 Å². The molecule has 0 fully saturated rings. The Morgan fingerprint density at radius 1 is 0.619 bits per heavy atom. The van der Waals surface area contributed by atoms with Gasteiger partial charge in [-0.05, 0) is 34.5 Å². The predicted molar refractivity (Wildman–Crippen MR) is 186 cm³/mol. The summed E-state index contributed by atoms with van der Waals surface area (Å²) in [7, 11) is 0. The average molecular weight is 727 g/mol. The molecule has 2 amide bonds. The smallest absolute Gasteiger partial charge is 0.230 e. The van der Waals surface area contributed by atoms with Gasteiger partial charge in [-0.25, -0.2) is 0 Å². The molecule has 0 aromatic heterocycles. The highest BCUT2D eigenvalue weighted by Crippen LogP contribution is 2.33. The molecule has 248 valence electrons. The number of hydrogen-bond donors (Lipinski definition) is 2. The Balaban J connectivity index is 0. The van der Waals surface area contributed by atoms with Crippen molar-refractivity contribution in [1.29, 1.82) is 0 Å². The molecule has 0 aromatic carbocycles. The van der Waals surface area contributed by atoms with Crippen molar-refractivity contribution in [3.63, 3.8) is 0 Å². The summed E-state index contributed by atoms with van der Waals surface area (Å²) >= 11 is 6.20. The fourth-order valence-electron chi connectivity index (χ4n) is 3.44. The number of rotatable bonds is 14. The van der Waals surface area contributed by atoms with Crippen LogP contribution in [-0.4, -0.2) is 60.2 Å². The van der Waals surface area contributed by atoms with Gasteiger partial charge in [-0.3, -0.25) is 9.59 Å². The standard InChI is InChI=1S/2C16H31BrN2O2/c2*1-12(16(5,6)7)13(10-15(2,3)4)19-21-9-8-18-14(20)11-17/h2*12H,8-11H2,1-7H3,(H,18,20)/t2*12-/m00/s1. The Kier molecular flexibility index (Phi) is 20.4. The van der Waals surface area contributed by atoms with Crippen molar-refractivity contribution < 1.29 is 19.3 Å². The highest BCUT2D eigenvalue weighted by Gasteiger charge is 2.29. The number of amides is 2. The molecule has 10 heteroatoms. The van der Waals surface area contributed by atoms with Gasteiger partial charge >= 0.3 is 0 Å². The minimum absolute atomic E-state index is 0.0412. The van der Waals surface area contributed by atoms with Crippen LogP contribution in [0.3, 0.4) is 0 Å². The molecule has 2 atom stereocenters. The van der Waals surface area contributed by atoms with Gasteiger partial charge in [0.25, 0.3) is 0 Å². The minimum atomic E-state index is -0.0412. The van der Waals surface area contributed by atoms with Gasteiger partial charge in [0.2, 0.25) is 11.8 Å². The number of oxime groups is 2. The first-order valence-electron chi connectivity index (χ1n) is 15.0. The second-order valence-electron chi connectivity index (χ2n) is 15.4. The maximum Gasteiger partial charge on any atom is 0.230 e. The third-order valence-corrected chi connectivity index (χ3v) is 7.68. The van der Waals surface area contributed by atoms with E-state index in [2.05, 4.69) is 150 Å². The van der Waals surface area contributed by atoms with Crippen LogP contribution in [0.15, 0.2) is 10.3 Å². The van der Waals surface area contributed by atoms with Crippen LogP contribution >= 0.6 is 31.9 Å². The van der Waals surface area contributed by atoms with E-state index >= 15 is 0 Å². The molecule has 0 radical (unpaired) electrons. The summed E-state index contributed by atoms with van der Waals surface area (Å²) in [5.41, 5.74) is 2.82. The molecule has 0 rings (SSSR count). The van der Waals surface area contributed by atoms with Crippen LogP contribution in [0.1, 0.15) is 110 Å². The number of nitrogens with zero attached hydrogens (tertiary/aromatic N) is 2. The summed E-state index contributed by atoms with van der Waals surface area (Å²) in [6.45, 7) is 32.6. The van der Waals surface area contributed by atoms with Crippen molar-refractivity contribution in [1.82, 2.24) is 10.6 Å². The van der Waals surface area contributed by atoms with Crippen LogP contribution in [0.4, 0.5) is 0 Å². The monoisotopic (exact) mass is 724 g/mol. The summed E-state index contributed by atoms with van der Waals surface area (Å²) in [6, 6.07) is 0. The van der Waals surface area contributed by atoms with Crippen LogP contribution in [-0.2, 0) is 19.3 Å². The number of nitrogens with one attached hydrogen (secondary N) is 2. The third kappa shape index (κ3) is 23.3. The van der Waals surface area contributed by atoms with E-state index in [0.29, 0.717) is 48.8 Å². The van der Waals surface area contributed by atoms with Crippen molar-refractivity contribution >= 4 is 55.1 Å². The number of halogens is 2. The van der Waals surface area contributed by atoms with Crippen molar-refractivity contribution in [2.75, 3.05) is 37.0 Å². The highest BCUT2D eigenvalue weighted by molar-refractivity contribution is 9.09. The average Bonchev–Trinajstić information content (AvgIpc) is 2.83. The quantitative estimate of drug-likeness (QED) is 0.0821. The van der Waals surface area contributed by atoms with Crippen LogP contribution in [0.5, 0.6) is 0 Å². The lowest BCUT2D eigenvalue weighted by atomic mass is 9.75. The van der Waals surface area contributed by atoms with Crippen molar-refractivity contribution in [2.24, 2.45) is 43.8 Å². The Bertz CT molecular complexity index is 779. The molecule has 42 heavy (non-hydrogen) atoms. The zero-order chi connectivity index (χ0) is 33.4.